The highest BCUT2D eigenvalue weighted by Crippen LogP contribution is 2.27. The Morgan fingerprint density at radius 2 is 2.04 bits per heavy atom. The number of aromatic nitrogens is 3. The number of fused-ring (bicyclic) bond motifs is 1. The van der Waals surface area contributed by atoms with Crippen LogP contribution in [0.15, 0.2) is 42.9 Å². The maximum absolute atomic E-state index is 13.4. The summed E-state index contributed by atoms with van der Waals surface area (Å²) in [6.45, 7) is 0.854. The van der Waals surface area contributed by atoms with E-state index in [0.717, 1.165) is 54.5 Å². The minimum absolute atomic E-state index is 0.173. The quantitative estimate of drug-likeness (QED) is 0.722. The van der Waals surface area contributed by atoms with E-state index in [1.807, 2.05) is 44.8 Å². The predicted octanol–water partition coefficient (Wildman–Crippen LogP) is 3.54. The number of aryl methyl sites for hydroxylation is 3. The second kappa shape index (κ2) is 6.98. The molecule has 5 nitrogen and oxygen atoms in total. The average Bonchev–Trinajstić information content (AvgIpc) is 3.23. The van der Waals surface area contributed by atoms with E-state index < -0.39 is 0 Å². The van der Waals surface area contributed by atoms with Gasteiger partial charge in [-0.25, -0.2) is 4.98 Å². The standard InChI is InChI=1S/C21H26N4O/c1-23-14-12-22-20(23)11-10-16-7-5-6-13-25(16)21(26)18-15-24(2)19-9-4-3-8-17(18)19/h3-4,8-9,12,14-16H,5-7,10-11,13H2,1-2H3/t16-/m0/s1. The van der Waals surface area contributed by atoms with Crippen molar-refractivity contribution in [1.82, 2.24) is 19.0 Å². The molecular formula is C21H26N4O. The average molecular weight is 350 g/mol. The summed E-state index contributed by atoms with van der Waals surface area (Å²) in [5.74, 6) is 1.26. The number of benzene rings is 1. The van der Waals surface area contributed by atoms with Crippen molar-refractivity contribution in [3.63, 3.8) is 0 Å². The van der Waals surface area contributed by atoms with Gasteiger partial charge in [0.15, 0.2) is 0 Å². The maximum atomic E-state index is 13.4. The van der Waals surface area contributed by atoms with Gasteiger partial charge in [0.25, 0.3) is 5.91 Å². The lowest BCUT2D eigenvalue weighted by Crippen LogP contribution is -2.44. The summed E-state index contributed by atoms with van der Waals surface area (Å²) in [4.78, 5) is 19.9. The van der Waals surface area contributed by atoms with Crippen molar-refractivity contribution in [3.05, 3.63) is 54.2 Å². The van der Waals surface area contributed by atoms with Crippen molar-refractivity contribution in [2.24, 2.45) is 14.1 Å². The molecule has 1 fully saturated rings. The molecule has 1 amide bonds. The van der Waals surface area contributed by atoms with Crippen LogP contribution in [0.4, 0.5) is 0 Å². The first-order valence-electron chi connectivity index (χ1n) is 9.46. The van der Waals surface area contributed by atoms with Gasteiger partial charge < -0.3 is 14.0 Å². The molecule has 0 N–H and O–H groups in total. The molecule has 3 heterocycles. The molecular weight excluding hydrogens is 324 g/mol. The molecule has 26 heavy (non-hydrogen) atoms. The van der Waals surface area contributed by atoms with Crippen LogP contribution in [0.5, 0.6) is 0 Å². The number of hydrogen-bond acceptors (Lipinski definition) is 2. The SMILES string of the molecule is Cn1ccnc1CC[C@@H]1CCCCN1C(=O)c1cn(C)c2ccccc12. The van der Waals surface area contributed by atoms with Gasteiger partial charge in [0.1, 0.15) is 5.82 Å². The summed E-state index contributed by atoms with van der Waals surface area (Å²) < 4.78 is 4.12. The van der Waals surface area contributed by atoms with Crippen LogP contribution in [-0.4, -0.2) is 37.5 Å². The lowest BCUT2D eigenvalue weighted by atomic mass is 9.96. The molecule has 5 heteroatoms. The Bertz CT molecular complexity index is 923. The van der Waals surface area contributed by atoms with E-state index in [1.54, 1.807) is 0 Å². The summed E-state index contributed by atoms with van der Waals surface area (Å²) in [6, 6.07) is 8.45. The molecule has 0 spiro atoms. The summed E-state index contributed by atoms with van der Waals surface area (Å²) in [7, 11) is 4.04. The number of para-hydroxylation sites is 1. The molecule has 3 aromatic rings. The third-order valence-corrected chi connectivity index (χ3v) is 5.64. The molecule has 1 aromatic carbocycles. The van der Waals surface area contributed by atoms with E-state index >= 15 is 0 Å². The largest absolute Gasteiger partial charge is 0.350 e. The second-order valence-electron chi connectivity index (χ2n) is 7.31. The molecule has 1 aliphatic rings. The number of likely N-dealkylation sites (tertiary alicyclic amines) is 1. The number of hydrogen-bond donors (Lipinski definition) is 0. The Labute approximate surface area is 154 Å². The number of amides is 1. The molecule has 1 saturated heterocycles. The summed E-state index contributed by atoms with van der Waals surface area (Å²) in [5.41, 5.74) is 1.93. The number of piperidine rings is 1. The fourth-order valence-corrected chi connectivity index (χ4v) is 4.17. The van der Waals surface area contributed by atoms with Crippen LogP contribution in [0.25, 0.3) is 10.9 Å². The number of rotatable bonds is 4. The van der Waals surface area contributed by atoms with Crippen molar-refractivity contribution >= 4 is 16.8 Å². The summed E-state index contributed by atoms with van der Waals surface area (Å²) in [6.07, 6.45) is 11.1. The van der Waals surface area contributed by atoms with Gasteiger partial charge in [0.05, 0.1) is 5.56 Å². The van der Waals surface area contributed by atoms with Gasteiger partial charge in [0.2, 0.25) is 0 Å². The third kappa shape index (κ3) is 3.02. The second-order valence-corrected chi connectivity index (χ2v) is 7.31. The van der Waals surface area contributed by atoms with Gasteiger partial charge in [-0.2, -0.15) is 0 Å². The Morgan fingerprint density at radius 1 is 1.19 bits per heavy atom. The van der Waals surface area contributed by atoms with Gasteiger partial charge in [-0.15, -0.1) is 0 Å². The van der Waals surface area contributed by atoms with Gasteiger partial charge in [0, 0.05) is 62.6 Å². The fraction of sp³-hybridized carbons (Fsp3) is 0.429. The van der Waals surface area contributed by atoms with Crippen LogP contribution >= 0.6 is 0 Å². The number of carbonyl (C=O) groups excluding carboxylic acids is 1. The minimum Gasteiger partial charge on any atom is -0.350 e. The van der Waals surface area contributed by atoms with Crippen LogP contribution in [-0.2, 0) is 20.5 Å². The first-order valence-corrected chi connectivity index (χ1v) is 9.46. The molecule has 0 bridgehead atoms. The number of carbonyl (C=O) groups is 1. The Hall–Kier alpha value is -2.56. The van der Waals surface area contributed by atoms with Crippen molar-refractivity contribution in [2.75, 3.05) is 6.54 Å². The number of imidazole rings is 1. The number of nitrogens with zero attached hydrogens (tertiary/aromatic N) is 4. The molecule has 0 aliphatic carbocycles. The zero-order valence-corrected chi connectivity index (χ0v) is 15.6. The Morgan fingerprint density at radius 3 is 2.85 bits per heavy atom. The molecule has 1 atom stereocenters. The summed E-state index contributed by atoms with van der Waals surface area (Å²) in [5, 5.41) is 1.05. The first kappa shape index (κ1) is 16.9. The third-order valence-electron chi connectivity index (χ3n) is 5.64. The molecule has 1 aliphatic heterocycles. The van der Waals surface area contributed by atoms with Crippen molar-refractivity contribution in [1.29, 1.82) is 0 Å². The van der Waals surface area contributed by atoms with E-state index in [4.69, 9.17) is 0 Å². The molecule has 2 aromatic heterocycles. The van der Waals surface area contributed by atoms with E-state index in [1.165, 1.54) is 6.42 Å². The molecule has 0 saturated carbocycles. The van der Waals surface area contributed by atoms with E-state index in [0.29, 0.717) is 6.04 Å². The van der Waals surface area contributed by atoms with Crippen molar-refractivity contribution in [2.45, 2.75) is 38.1 Å². The normalized spacial score (nSPS) is 17.8. The Balaban J connectivity index is 1.57. The van der Waals surface area contributed by atoms with Crippen molar-refractivity contribution < 1.29 is 4.79 Å². The smallest absolute Gasteiger partial charge is 0.256 e. The van der Waals surface area contributed by atoms with E-state index in [2.05, 4.69) is 31.2 Å². The maximum Gasteiger partial charge on any atom is 0.256 e. The van der Waals surface area contributed by atoms with Crippen molar-refractivity contribution in [3.8, 4) is 0 Å². The highest BCUT2D eigenvalue weighted by Gasteiger charge is 2.29. The minimum atomic E-state index is 0.173. The van der Waals surface area contributed by atoms with Crippen LogP contribution < -0.4 is 0 Å². The predicted molar refractivity (Wildman–Crippen MR) is 103 cm³/mol. The first-order chi connectivity index (χ1) is 12.6. The van der Waals surface area contributed by atoms with Gasteiger partial charge in [-0.1, -0.05) is 18.2 Å². The van der Waals surface area contributed by atoms with E-state index in [-0.39, 0.29) is 5.91 Å². The zero-order chi connectivity index (χ0) is 18.1. The highest BCUT2D eigenvalue weighted by molar-refractivity contribution is 6.07. The van der Waals surface area contributed by atoms with Gasteiger partial charge in [-0.3, -0.25) is 4.79 Å². The van der Waals surface area contributed by atoms with Crippen LogP contribution in [0, 0.1) is 0 Å². The molecule has 136 valence electrons. The Kier molecular flexibility index (Phi) is 4.53. The van der Waals surface area contributed by atoms with Gasteiger partial charge in [-0.05, 0) is 31.7 Å². The van der Waals surface area contributed by atoms with Crippen LogP contribution in [0.2, 0.25) is 0 Å². The lowest BCUT2D eigenvalue weighted by molar-refractivity contribution is 0.0603. The van der Waals surface area contributed by atoms with Crippen LogP contribution in [0.1, 0.15) is 41.9 Å². The fourth-order valence-electron chi connectivity index (χ4n) is 4.17. The topological polar surface area (TPSA) is 43.1 Å². The highest BCUT2D eigenvalue weighted by atomic mass is 16.2. The van der Waals surface area contributed by atoms with E-state index in [9.17, 15) is 4.79 Å². The molecule has 0 unspecified atom stereocenters. The molecule has 4 rings (SSSR count). The zero-order valence-electron chi connectivity index (χ0n) is 15.6. The lowest BCUT2D eigenvalue weighted by Gasteiger charge is -2.36. The molecule has 0 radical (unpaired) electrons. The van der Waals surface area contributed by atoms with Gasteiger partial charge >= 0.3 is 0 Å². The monoisotopic (exact) mass is 350 g/mol. The summed E-state index contributed by atoms with van der Waals surface area (Å²) >= 11 is 0. The van der Waals surface area contributed by atoms with Crippen LogP contribution in [0.3, 0.4) is 0 Å².